The van der Waals surface area contributed by atoms with E-state index in [-0.39, 0.29) is 10.7 Å². The molecule has 0 atom stereocenters. The van der Waals surface area contributed by atoms with Crippen molar-refractivity contribution in [2.24, 2.45) is 0 Å². The van der Waals surface area contributed by atoms with Gasteiger partial charge < -0.3 is 0 Å². The second-order valence-corrected chi connectivity index (χ2v) is 9.00. The Morgan fingerprint density at radius 3 is 2.59 bits per heavy atom. The second-order valence-electron chi connectivity index (χ2n) is 5.90. The van der Waals surface area contributed by atoms with Crippen LogP contribution in [0.1, 0.15) is 0 Å². The largest absolute Gasteiger partial charge is 0.235 e. The number of sulfone groups is 1. The van der Waals surface area contributed by atoms with Gasteiger partial charge in [-0.3, -0.25) is 0 Å². The van der Waals surface area contributed by atoms with Crippen LogP contribution in [0, 0.1) is 5.82 Å². The van der Waals surface area contributed by atoms with Crippen LogP contribution in [0.2, 0.25) is 0 Å². The fraction of sp³-hybridized carbons (Fsp3) is 0.0526. The lowest BCUT2D eigenvalue weighted by Gasteiger charge is -2.05. The summed E-state index contributed by atoms with van der Waals surface area (Å²) in [7, 11) is -3.28. The van der Waals surface area contributed by atoms with E-state index in [2.05, 4.69) is 10.1 Å². The lowest BCUT2D eigenvalue weighted by atomic mass is 10.2. The van der Waals surface area contributed by atoms with Crippen molar-refractivity contribution in [3.63, 3.8) is 0 Å². The molecule has 3 aromatic heterocycles. The maximum absolute atomic E-state index is 14.1. The van der Waals surface area contributed by atoms with Crippen molar-refractivity contribution < 1.29 is 12.8 Å². The zero-order chi connectivity index (χ0) is 19.0. The Balaban J connectivity index is 1.76. The lowest BCUT2D eigenvalue weighted by Crippen LogP contribution is -2.03. The molecule has 4 aromatic rings. The van der Waals surface area contributed by atoms with Crippen molar-refractivity contribution >= 4 is 21.2 Å². The molecule has 0 bridgehead atoms. The highest BCUT2D eigenvalue weighted by Gasteiger charge is 2.15. The zero-order valence-corrected chi connectivity index (χ0v) is 15.8. The number of benzene rings is 1. The van der Waals surface area contributed by atoms with E-state index in [4.69, 9.17) is 0 Å². The molecular formula is C19H14FN3O2S2. The van der Waals surface area contributed by atoms with Crippen molar-refractivity contribution in [3.05, 3.63) is 72.8 Å². The van der Waals surface area contributed by atoms with E-state index in [0.717, 1.165) is 15.3 Å². The zero-order valence-electron chi connectivity index (χ0n) is 14.2. The number of hydrogen-bond donors (Lipinski definition) is 0. The van der Waals surface area contributed by atoms with Crippen LogP contribution in [0.5, 0.6) is 0 Å². The normalized spacial score (nSPS) is 11.6. The Morgan fingerprint density at radius 2 is 1.81 bits per heavy atom. The third-order valence-corrected chi connectivity index (χ3v) is 6.25. The first-order valence-electron chi connectivity index (χ1n) is 7.99. The topological polar surface area (TPSA) is 64.8 Å². The van der Waals surface area contributed by atoms with Crippen LogP contribution in [0.4, 0.5) is 4.39 Å². The van der Waals surface area contributed by atoms with Gasteiger partial charge in [0.25, 0.3) is 0 Å². The molecule has 0 aliphatic rings. The third kappa shape index (κ3) is 3.41. The smallest absolute Gasteiger partial charge is 0.190 e. The van der Waals surface area contributed by atoms with E-state index in [0.29, 0.717) is 5.69 Å². The number of thiophene rings is 1. The van der Waals surface area contributed by atoms with Crippen LogP contribution in [0.25, 0.3) is 26.8 Å². The predicted octanol–water partition coefficient (Wildman–Crippen LogP) is 4.21. The van der Waals surface area contributed by atoms with Crippen LogP contribution in [0.3, 0.4) is 0 Å². The first-order chi connectivity index (χ1) is 12.9. The summed E-state index contributed by atoms with van der Waals surface area (Å²) < 4.78 is 39.1. The fourth-order valence-electron chi connectivity index (χ4n) is 2.70. The molecule has 136 valence electrons. The second kappa shape index (κ2) is 6.71. The van der Waals surface area contributed by atoms with Gasteiger partial charge >= 0.3 is 0 Å². The van der Waals surface area contributed by atoms with E-state index in [1.807, 2.05) is 18.2 Å². The Kier molecular flexibility index (Phi) is 4.37. The maximum Gasteiger partial charge on any atom is 0.190 e. The number of rotatable bonds is 4. The summed E-state index contributed by atoms with van der Waals surface area (Å²) in [6.45, 7) is 0. The minimum atomic E-state index is -3.28. The molecule has 0 fully saturated rings. The molecule has 0 saturated heterocycles. The molecule has 0 saturated carbocycles. The minimum Gasteiger partial charge on any atom is -0.235 e. The number of pyridine rings is 1. The first kappa shape index (κ1) is 17.6. The van der Waals surface area contributed by atoms with Gasteiger partial charge in [0.15, 0.2) is 21.5 Å². The molecule has 3 heterocycles. The summed E-state index contributed by atoms with van der Waals surface area (Å²) in [6, 6.07) is 15.3. The Morgan fingerprint density at radius 1 is 1.00 bits per heavy atom. The van der Waals surface area contributed by atoms with Crippen molar-refractivity contribution in [2.45, 2.75) is 4.90 Å². The number of halogens is 1. The highest BCUT2D eigenvalue weighted by molar-refractivity contribution is 7.90. The highest BCUT2D eigenvalue weighted by Crippen LogP contribution is 2.35. The average molecular weight is 399 g/mol. The van der Waals surface area contributed by atoms with E-state index >= 15 is 0 Å². The van der Waals surface area contributed by atoms with Crippen molar-refractivity contribution in [2.75, 3.05) is 6.26 Å². The molecule has 0 amide bonds. The van der Waals surface area contributed by atoms with Gasteiger partial charge in [0.05, 0.1) is 21.7 Å². The number of aromatic nitrogens is 3. The summed E-state index contributed by atoms with van der Waals surface area (Å²) in [4.78, 5) is 6.13. The summed E-state index contributed by atoms with van der Waals surface area (Å²) >= 11 is 1.47. The Hall–Kier alpha value is -2.84. The van der Waals surface area contributed by atoms with E-state index in [9.17, 15) is 12.8 Å². The van der Waals surface area contributed by atoms with Crippen molar-refractivity contribution in [3.8, 4) is 26.8 Å². The van der Waals surface area contributed by atoms with E-state index in [1.54, 1.807) is 30.5 Å². The van der Waals surface area contributed by atoms with Gasteiger partial charge in [-0.25, -0.2) is 22.5 Å². The van der Waals surface area contributed by atoms with Gasteiger partial charge in [0.2, 0.25) is 0 Å². The molecule has 0 aliphatic heterocycles. The third-order valence-electron chi connectivity index (χ3n) is 3.99. The fourth-order valence-corrected chi connectivity index (χ4v) is 4.38. The van der Waals surface area contributed by atoms with Crippen molar-refractivity contribution in [1.82, 2.24) is 14.8 Å². The summed E-state index contributed by atoms with van der Waals surface area (Å²) in [5.41, 5.74) is 1.52. The van der Waals surface area contributed by atoms with Crippen LogP contribution < -0.4 is 0 Å². The molecule has 1 aromatic carbocycles. The summed E-state index contributed by atoms with van der Waals surface area (Å²) in [6.07, 6.45) is 4.29. The molecule has 8 heteroatoms. The van der Waals surface area contributed by atoms with Gasteiger partial charge in [-0.2, -0.15) is 5.10 Å². The van der Waals surface area contributed by atoms with Gasteiger partial charge in [0.1, 0.15) is 0 Å². The first-order valence-corrected chi connectivity index (χ1v) is 10.7. The number of hydrogen-bond acceptors (Lipinski definition) is 5. The van der Waals surface area contributed by atoms with E-state index in [1.165, 1.54) is 40.6 Å². The van der Waals surface area contributed by atoms with Crippen LogP contribution in [-0.4, -0.2) is 29.4 Å². The highest BCUT2D eigenvalue weighted by atomic mass is 32.2. The maximum atomic E-state index is 14.1. The lowest BCUT2D eigenvalue weighted by molar-refractivity contribution is 0.601. The predicted molar refractivity (Wildman–Crippen MR) is 103 cm³/mol. The van der Waals surface area contributed by atoms with Gasteiger partial charge in [-0.05, 0) is 48.0 Å². The Labute approximate surface area is 159 Å². The van der Waals surface area contributed by atoms with E-state index < -0.39 is 15.7 Å². The monoisotopic (exact) mass is 399 g/mol. The van der Waals surface area contributed by atoms with Crippen LogP contribution in [0.15, 0.2) is 71.9 Å². The van der Waals surface area contributed by atoms with Gasteiger partial charge in [-0.15, -0.1) is 11.3 Å². The molecule has 5 nitrogen and oxygen atoms in total. The SMILES string of the molecule is CS(=O)(=O)c1cccc(-c2ccc(-c3ccnn3-c3ncccc3F)s2)c1. The summed E-state index contributed by atoms with van der Waals surface area (Å²) in [5, 5.41) is 4.19. The van der Waals surface area contributed by atoms with Gasteiger partial charge in [0, 0.05) is 17.3 Å². The van der Waals surface area contributed by atoms with Gasteiger partial charge in [-0.1, -0.05) is 12.1 Å². The average Bonchev–Trinajstić information content (AvgIpc) is 3.31. The molecular weight excluding hydrogens is 385 g/mol. The molecule has 27 heavy (non-hydrogen) atoms. The van der Waals surface area contributed by atoms with Crippen molar-refractivity contribution in [1.29, 1.82) is 0 Å². The molecule has 0 aliphatic carbocycles. The van der Waals surface area contributed by atoms with Crippen LogP contribution >= 0.6 is 11.3 Å². The summed E-state index contributed by atoms with van der Waals surface area (Å²) in [5.74, 6) is -0.327. The Bertz CT molecular complexity index is 1230. The molecule has 0 unspecified atom stereocenters. The minimum absolute atomic E-state index is 0.131. The quantitative estimate of drug-likeness (QED) is 0.516. The molecule has 0 radical (unpaired) electrons. The molecule has 4 rings (SSSR count). The van der Waals surface area contributed by atoms with Crippen LogP contribution in [-0.2, 0) is 9.84 Å². The molecule has 0 spiro atoms. The number of nitrogens with zero attached hydrogens (tertiary/aromatic N) is 3. The standard InChI is InChI=1S/C19H14FN3O2S2/c1-27(24,25)14-5-2-4-13(12-14)17-7-8-18(26-17)16-9-11-22-23(16)19-15(20)6-3-10-21-19/h2-12H,1H3. The molecule has 0 N–H and O–H groups in total.